The Morgan fingerprint density at radius 2 is 1.63 bits per heavy atom. The lowest BCUT2D eigenvalue weighted by Crippen LogP contribution is -2.47. The van der Waals surface area contributed by atoms with Crippen LogP contribution in [0.4, 0.5) is 0 Å². The van der Waals surface area contributed by atoms with E-state index in [0.29, 0.717) is 23.6 Å². The van der Waals surface area contributed by atoms with Crippen LogP contribution in [-0.2, 0) is 0 Å². The van der Waals surface area contributed by atoms with Crippen LogP contribution >= 0.6 is 0 Å². The molecule has 4 heterocycles. The van der Waals surface area contributed by atoms with Crippen molar-refractivity contribution in [3.63, 3.8) is 0 Å². The molecular weight excluding hydrogens is 382 g/mol. The van der Waals surface area contributed by atoms with Crippen LogP contribution in [0.3, 0.4) is 0 Å². The molecule has 2 aromatic rings. The lowest BCUT2D eigenvalue weighted by molar-refractivity contribution is 0.0662. The van der Waals surface area contributed by atoms with E-state index in [2.05, 4.69) is 21.9 Å². The number of ether oxygens (including phenoxy) is 1. The quantitative estimate of drug-likeness (QED) is 0.767. The van der Waals surface area contributed by atoms with Gasteiger partial charge in [0.05, 0.1) is 30.0 Å². The Labute approximate surface area is 176 Å². The van der Waals surface area contributed by atoms with Crippen molar-refractivity contribution in [2.75, 3.05) is 46.9 Å². The monoisotopic (exact) mass is 409 g/mol. The molecule has 1 atom stereocenters. The molecule has 2 amide bonds. The summed E-state index contributed by atoms with van der Waals surface area (Å²) in [7, 11) is 3.61. The average molecular weight is 409 g/mol. The van der Waals surface area contributed by atoms with E-state index >= 15 is 0 Å². The van der Waals surface area contributed by atoms with E-state index in [1.165, 1.54) is 0 Å². The average Bonchev–Trinajstić information content (AvgIpc) is 3.29. The molecule has 4 rings (SSSR count). The molecule has 0 saturated carbocycles. The van der Waals surface area contributed by atoms with Gasteiger partial charge in [0, 0.05) is 51.2 Å². The van der Waals surface area contributed by atoms with Crippen molar-refractivity contribution in [1.29, 1.82) is 0 Å². The van der Waals surface area contributed by atoms with Gasteiger partial charge in [-0.05, 0) is 38.1 Å². The van der Waals surface area contributed by atoms with Gasteiger partial charge in [-0.3, -0.25) is 14.6 Å². The van der Waals surface area contributed by atoms with Crippen LogP contribution in [0, 0.1) is 0 Å². The Morgan fingerprint density at radius 1 is 0.933 bits per heavy atom. The number of rotatable bonds is 4. The molecule has 2 fully saturated rings. The summed E-state index contributed by atoms with van der Waals surface area (Å²) in [6.07, 6.45) is 4.96. The number of hydrogen-bond donors (Lipinski definition) is 0. The molecule has 2 aliphatic rings. The fraction of sp³-hybridized carbons (Fsp3) is 0.455. The van der Waals surface area contributed by atoms with Crippen LogP contribution in [0.25, 0.3) is 0 Å². The molecule has 0 N–H and O–H groups in total. The third-order valence-corrected chi connectivity index (χ3v) is 5.87. The van der Waals surface area contributed by atoms with Crippen LogP contribution < -0.4 is 4.74 Å². The standard InChI is InChI=1S/C22H27N5O3/c1-25-10-12-26(13-11-25)21(28)16-5-7-18(23-14-16)19-4-3-9-27(19)22(29)17-6-8-20(30-2)24-15-17/h5-8,14-15,19H,3-4,9-13H2,1-2H3. The molecule has 30 heavy (non-hydrogen) atoms. The molecule has 0 bridgehead atoms. The summed E-state index contributed by atoms with van der Waals surface area (Å²) < 4.78 is 5.07. The maximum absolute atomic E-state index is 13.0. The zero-order valence-electron chi connectivity index (χ0n) is 17.5. The van der Waals surface area contributed by atoms with Gasteiger partial charge >= 0.3 is 0 Å². The highest BCUT2D eigenvalue weighted by Crippen LogP contribution is 2.32. The van der Waals surface area contributed by atoms with Gasteiger partial charge in [0.25, 0.3) is 11.8 Å². The van der Waals surface area contributed by atoms with Crippen molar-refractivity contribution in [1.82, 2.24) is 24.7 Å². The Hall–Kier alpha value is -3.00. The maximum atomic E-state index is 13.0. The number of likely N-dealkylation sites (N-methyl/N-ethyl adjacent to an activating group) is 1. The predicted octanol–water partition coefficient (Wildman–Crippen LogP) is 1.85. The number of aromatic nitrogens is 2. The van der Waals surface area contributed by atoms with E-state index < -0.39 is 0 Å². The minimum atomic E-state index is -0.0904. The molecule has 0 spiro atoms. The Kier molecular flexibility index (Phi) is 5.94. The zero-order valence-corrected chi connectivity index (χ0v) is 17.5. The number of carbonyl (C=O) groups excluding carboxylic acids is 2. The second-order valence-corrected chi connectivity index (χ2v) is 7.81. The summed E-state index contributed by atoms with van der Waals surface area (Å²) in [5.74, 6) is 0.435. The Balaban J connectivity index is 1.46. The molecule has 158 valence electrons. The summed E-state index contributed by atoms with van der Waals surface area (Å²) in [6, 6.07) is 7.04. The Morgan fingerprint density at radius 3 is 2.27 bits per heavy atom. The van der Waals surface area contributed by atoms with E-state index in [4.69, 9.17) is 4.74 Å². The van der Waals surface area contributed by atoms with Crippen molar-refractivity contribution in [3.05, 3.63) is 53.5 Å². The zero-order chi connectivity index (χ0) is 21.1. The van der Waals surface area contributed by atoms with Gasteiger partial charge in [-0.1, -0.05) is 0 Å². The third kappa shape index (κ3) is 4.14. The summed E-state index contributed by atoms with van der Waals surface area (Å²) >= 11 is 0. The topological polar surface area (TPSA) is 78.9 Å². The largest absolute Gasteiger partial charge is 0.481 e. The molecule has 0 aliphatic carbocycles. The fourth-order valence-electron chi connectivity index (χ4n) is 4.03. The van der Waals surface area contributed by atoms with Gasteiger partial charge in [0.15, 0.2) is 0 Å². The number of carbonyl (C=O) groups is 2. The normalized spacial score (nSPS) is 19.7. The number of pyridine rings is 2. The van der Waals surface area contributed by atoms with E-state index in [1.807, 2.05) is 21.9 Å². The van der Waals surface area contributed by atoms with Crippen LogP contribution in [0.2, 0.25) is 0 Å². The molecule has 2 saturated heterocycles. The number of methoxy groups -OCH3 is 1. The van der Waals surface area contributed by atoms with Crippen molar-refractivity contribution in [3.8, 4) is 5.88 Å². The van der Waals surface area contributed by atoms with Crippen molar-refractivity contribution >= 4 is 11.8 Å². The van der Waals surface area contributed by atoms with E-state index in [1.54, 1.807) is 31.6 Å². The highest BCUT2D eigenvalue weighted by atomic mass is 16.5. The summed E-state index contributed by atoms with van der Waals surface area (Å²) in [5.41, 5.74) is 1.94. The molecule has 8 heteroatoms. The smallest absolute Gasteiger partial charge is 0.255 e. The second-order valence-electron chi connectivity index (χ2n) is 7.81. The van der Waals surface area contributed by atoms with Crippen molar-refractivity contribution in [2.45, 2.75) is 18.9 Å². The number of likely N-dealkylation sites (tertiary alicyclic amines) is 1. The van der Waals surface area contributed by atoms with Crippen molar-refractivity contribution < 1.29 is 14.3 Å². The van der Waals surface area contributed by atoms with Gasteiger partial charge in [-0.15, -0.1) is 0 Å². The van der Waals surface area contributed by atoms with Crippen LogP contribution in [0.5, 0.6) is 5.88 Å². The number of piperazine rings is 1. The van der Waals surface area contributed by atoms with Gasteiger partial charge in [-0.2, -0.15) is 0 Å². The van der Waals surface area contributed by atoms with Gasteiger partial charge < -0.3 is 19.4 Å². The Bertz CT molecular complexity index is 892. The van der Waals surface area contributed by atoms with Gasteiger partial charge in [-0.25, -0.2) is 4.98 Å². The first-order chi connectivity index (χ1) is 14.6. The summed E-state index contributed by atoms with van der Waals surface area (Å²) in [6.45, 7) is 3.92. The van der Waals surface area contributed by atoms with E-state index in [-0.39, 0.29) is 17.9 Å². The van der Waals surface area contributed by atoms with Crippen LogP contribution in [-0.4, -0.2) is 83.4 Å². The number of hydrogen-bond acceptors (Lipinski definition) is 6. The fourth-order valence-corrected chi connectivity index (χ4v) is 4.03. The lowest BCUT2D eigenvalue weighted by Gasteiger charge is -2.32. The molecular formula is C22H27N5O3. The molecule has 8 nitrogen and oxygen atoms in total. The first-order valence-corrected chi connectivity index (χ1v) is 10.3. The number of nitrogens with zero attached hydrogens (tertiary/aromatic N) is 5. The van der Waals surface area contributed by atoms with E-state index in [0.717, 1.165) is 44.7 Å². The minimum Gasteiger partial charge on any atom is -0.481 e. The molecule has 1 unspecified atom stereocenters. The van der Waals surface area contributed by atoms with E-state index in [9.17, 15) is 9.59 Å². The van der Waals surface area contributed by atoms with Crippen LogP contribution in [0.1, 0.15) is 45.3 Å². The molecule has 0 radical (unpaired) electrons. The highest BCUT2D eigenvalue weighted by Gasteiger charge is 2.32. The SMILES string of the molecule is COc1ccc(C(=O)N2CCCC2c2ccc(C(=O)N3CCN(C)CC3)cn2)cn1. The third-order valence-electron chi connectivity index (χ3n) is 5.87. The van der Waals surface area contributed by atoms with Crippen LogP contribution in [0.15, 0.2) is 36.7 Å². The maximum Gasteiger partial charge on any atom is 0.255 e. The lowest BCUT2D eigenvalue weighted by atomic mass is 10.1. The molecule has 2 aliphatic heterocycles. The van der Waals surface area contributed by atoms with Gasteiger partial charge in [0.1, 0.15) is 0 Å². The summed E-state index contributed by atoms with van der Waals surface area (Å²) in [4.78, 5) is 40.4. The highest BCUT2D eigenvalue weighted by molar-refractivity contribution is 5.95. The van der Waals surface area contributed by atoms with Crippen molar-refractivity contribution in [2.24, 2.45) is 0 Å². The number of amides is 2. The molecule has 2 aromatic heterocycles. The first kappa shape index (κ1) is 20.3. The first-order valence-electron chi connectivity index (χ1n) is 10.3. The predicted molar refractivity (Wildman–Crippen MR) is 111 cm³/mol. The molecule has 0 aromatic carbocycles. The van der Waals surface area contributed by atoms with Gasteiger partial charge in [0.2, 0.25) is 5.88 Å². The second kappa shape index (κ2) is 8.79. The summed E-state index contributed by atoms with van der Waals surface area (Å²) in [5, 5.41) is 0. The minimum absolute atomic E-state index is 0.0193.